The third-order valence-corrected chi connectivity index (χ3v) is 6.45. The summed E-state index contributed by atoms with van der Waals surface area (Å²) in [5, 5.41) is 2.94. The number of hydrogen-bond acceptors (Lipinski definition) is 3. The van der Waals surface area contributed by atoms with Crippen molar-refractivity contribution in [1.82, 2.24) is 5.32 Å². The number of rotatable bonds is 5. The number of nitrogens with one attached hydrogen (secondary N) is 1. The molecule has 2 aromatic rings. The number of benzene rings is 2. The van der Waals surface area contributed by atoms with Crippen LogP contribution in [0.5, 0.6) is 0 Å². The first kappa shape index (κ1) is 18.9. The Morgan fingerprint density at radius 1 is 1.21 bits per heavy atom. The first-order valence-electron chi connectivity index (χ1n) is 9.42. The summed E-state index contributed by atoms with van der Waals surface area (Å²) in [6.07, 6.45) is 2.15. The Kier molecular flexibility index (Phi) is 5.11. The molecule has 2 unspecified atom stereocenters. The van der Waals surface area contributed by atoms with Gasteiger partial charge in [0.25, 0.3) is 5.91 Å². The van der Waals surface area contributed by atoms with Gasteiger partial charge in [0.15, 0.2) is 0 Å². The van der Waals surface area contributed by atoms with Gasteiger partial charge in [-0.2, -0.15) is 0 Å². The van der Waals surface area contributed by atoms with Gasteiger partial charge in [-0.1, -0.05) is 48.6 Å². The first-order chi connectivity index (χ1) is 13.5. The van der Waals surface area contributed by atoms with E-state index in [2.05, 4.69) is 27.8 Å². The number of hydrogen-bond donors (Lipinski definition) is 1. The third kappa shape index (κ3) is 3.51. The molecule has 4 rings (SSSR count). The van der Waals surface area contributed by atoms with E-state index in [-0.39, 0.29) is 17.8 Å². The molecule has 2 atom stereocenters. The number of fused-ring (bicyclic) bond motifs is 1. The Morgan fingerprint density at radius 2 is 2.00 bits per heavy atom. The summed E-state index contributed by atoms with van der Waals surface area (Å²) >= 11 is 3.53. The smallest absolute Gasteiger partial charge is 0.313 e. The molecule has 1 heterocycles. The van der Waals surface area contributed by atoms with Crippen molar-refractivity contribution >= 4 is 27.8 Å². The SMILES string of the molecule is C=C1CC2COC(=O)C2(Cc2ccc(C(=O)NCc3ccccc3)c(Br)c2)C1. The van der Waals surface area contributed by atoms with Crippen molar-refractivity contribution < 1.29 is 14.3 Å². The fourth-order valence-electron chi connectivity index (χ4n) is 4.35. The van der Waals surface area contributed by atoms with Gasteiger partial charge in [0.1, 0.15) is 0 Å². The maximum atomic E-state index is 12.5. The van der Waals surface area contributed by atoms with Crippen LogP contribution in [0.1, 0.15) is 34.3 Å². The molecule has 1 N–H and O–H groups in total. The van der Waals surface area contributed by atoms with Crippen molar-refractivity contribution in [3.05, 3.63) is 81.8 Å². The summed E-state index contributed by atoms with van der Waals surface area (Å²) in [4.78, 5) is 25.0. The summed E-state index contributed by atoms with van der Waals surface area (Å²) in [7, 11) is 0. The van der Waals surface area contributed by atoms with Crippen LogP contribution in [0.3, 0.4) is 0 Å². The average molecular weight is 440 g/mol. The minimum absolute atomic E-state index is 0.114. The number of allylic oxidation sites excluding steroid dienone is 1. The maximum Gasteiger partial charge on any atom is 0.313 e. The van der Waals surface area contributed by atoms with Crippen LogP contribution in [0.25, 0.3) is 0 Å². The zero-order valence-electron chi connectivity index (χ0n) is 15.5. The summed E-state index contributed by atoms with van der Waals surface area (Å²) in [5.74, 6) is -0.0371. The lowest BCUT2D eigenvalue weighted by Gasteiger charge is -2.24. The molecule has 2 aliphatic rings. The molecule has 2 aromatic carbocycles. The molecule has 0 spiro atoms. The topological polar surface area (TPSA) is 55.4 Å². The molecule has 5 heteroatoms. The Balaban J connectivity index is 1.48. The summed E-state index contributed by atoms with van der Waals surface area (Å²) in [6.45, 7) is 5.05. The fraction of sp³-hybridized carbons (Fsp3) is 0.304. The van der Waals surface area contributed by atoms with E-state index in [1.54, 1.807) is 0 Å². The van der Waals surface area contributed by atoms with Crippen LogP contribution in [-0.4, -0.2) is 18.5 Å². The summed E-state index contributed by atoms with van der Waals surface area (Å²) in [5.41, 5.74) is 3.28. The number of halogens is 1. The molecule has 28 heavy (non-hydrogen) atoms. The normalized spacial score (nSPS) is 23.4. The molecule has 144 valence electrons. The van der Waals surface area contributed by atoms with E-state index in [0.29, 0.717) is 31.6 Å². The summed E-state index contributed by atoms with van der Waals surface area (Å²) in [6, 6.07) is 15.5. The number of esters is 1. The van der Waals surface area contributed by atoms with Gasteiger partial charge in [0, 0.05) is 16.9 Å². The zero-order valence-corrected chi connectivity index (χ0v) is 17.1. The van der Waals surface area contributed by atoms with E-state index in [0.717, 1.165) is 27.6 Å². The average Bonchev–Trinajstić information content (AvgIpc) is 3.15. The Bertz CT molecular complexity index is 940. The van der Waals surface area contributed by atoms with E-state index in [9.17, 15) is 9.59 Å². The highest BCUT2D eigenvalue weighted by Gasteiger charge is 2.55. The minimum atomic E-state index is -0.492. The van der Waals surface area contributed by atoms with E-state index in [1.807, 2.05) is 48.5 Å². The van der Waals surface area contributed by atoms with Gasteiger partial charge < -0.3 is 10.1 Å². The molecule has 1 aliphatic carbocycles. The molecule has 2 fully saturated rings. The Hall–Kier alpha value is -2.40. The van der Waals surface area contributed by atoms with E-state index < -0.39 is 5.41 Å². The molecule has 1 saturated heterocycles. The van der Waals surface area contributed by atoms with Crippen LogP contribution in [-0.2, 0) is 22.5 Å². The molecule has 4 nitrogen and oxygen atoms in total. The van der Waals surface area contributed by atoms with Gasteiger partial charge in [-0.15, -0.1) is 0 Å². The molecule has 1 aliphatic heterocycles. The molecule has 1 amide bonds. The van der Waals surface area contributed by atoms with E-state index in [1.165, 1.54) is 0 Å². The van der Waals surface area contributed by atoms with Gasteiger partial charge in [0.05, 0.1) is 17.6 Å². The molecular formula is C23H22BrNO3. The second-order valence-corrected chi connectivity index (χ2v) is 8.60. The van der Waals surface area contributed by atoms with Crippen LogP contribution in [0, 0.1) is 11.3 Å². The number of carbonyl (C=O) groups is 2. The standard InChI is InChI=1S/C23H22BrNO3/c1-15-9-18-14-28-22(27)23(18,11-15)12-17-7-8-19(20(24)10-17)21(26)25-13-16-5-3-2-4-6-16/h2-8,10,18H,1,9,11-14H2,(H,25,26). The summed E-state index contributed by atoms with van der Waals surface area (Å²) < 4.78 is 6.08. The Morgan fingerprint density at radius 3 is 2.75 bits per heavy atom. The van der Waals surface area contributed by atoms with Crippen molar-refractivity contribution in [2.45, 2.75) is 25.8 Å². The lowest BCUT2D eigenvalue weighted by molar-refractivity contribution is -0.146. The number of amides is 1. The van der Waals surface area contributed by atoms with Gasteiger partial charge in [-0.3, -0.25) is 9.59 Å². The van der Waals surface area contributed by atoms with Crippen molar-refractivity contribution in [1.29, 1.82) is 0 Å². The highest BCUT2D eigenvalue weighted by Crippen LogP contribution is 2.52. The lowest BCUT2D eigenvalue weighted by Crippen LogP contribution is -2.31. The van der Waals surface area contributed by atoms with Crippen molar-refractivity contribution in [2.75, 3.05) is 6.61 Å². The monoisotopic (exact) mass is 439 g/mol. The maximum absolute atomic E-state index is 12.5. The van der Waals surface area contributed by atoms with Crippen LogP contribution in [0.4, 0.5) is 0 Å². The highest BCUT2D eigenvalue weighted by molar-refractivity contribution is 9.10. The lowest BCUT2D eigenvalue weighted by atomic mass is 9.75. The van der Waals surface area contributed by atoms with Crippen LogP contribution >= 0.6 is 15.9 Å². The van der Waals surface area contributed by atoms with Crippen LogP contribution in [0.15, 0.2) is 65.2 Å². The van der Waals surface area contributed by atoms with Crippen LogP contribution < -0.4 is 5.32 Å². The largest absolute Gasteiger partial charge is 0.465 e. The van der Waals surface area contributed by atoms with E-state index >= 15 is 0 Å². The molecular weight excluding hydrogens is 418 g/mol. The van der Waals surface area contributed by atoms with Crippen molar-refractivity contribution in [3.8, 4) is 0 Å². The predicted octanol–water partition coefficient (Wildman–Crippen LogP) is 4.43. The second kappa shape index (κ2) is 7.55. The van der Waals surface area contributed by atoms with Crippen molar-refractivity contribution in [3.63, 3.8) is 0 Å². The zero-order chi connectivity index (χ0) is 19.7. The van der Waals surface area contributed by atoms with Gasteiger partial charge >= 0.3 is 5.97 Å². The fourth-order valence-corrected chi connectivity index (χ4v) is 4.96. The third-order valence-electron chi connectivity index (χ3n) is 5.80. The quantitative estimate of drug-likeness (QED) is 0.553. The van der Waals surface area contributed by atoms with E-state index in [4.69, 9.17) is 4.74 Å². The molecule has 1 saturated carbocycles. The predicted molar refractivity (Wildman–Crippen MR) is 111 cm³/mol. The Labute approximate surface area is 173 Å². The molecule has 0 radical (unpaired) electrons. The number of cyclic esters (lactones) is 1. The molecule has 0 aromatic heterocycles. The van der Waals surface area contributed by atoms with Gasteiger partial charge in [-0.05, 0) is 58.5 Å². The van der Waals surface area contributed by atoms with Gasteiger partial charge in [0.2, 0.25) is 0 Å². The minimum Gasteiger partial charge on any atom is -0.465 e. The first-order valence-corrected chi connectivity index (χ1v) is 10.2. The highest BCUT2D eigenvalue weighted by atomic mass is 79.9. The van der Waals surface area contributed by atoms with Gasteiger partial charge in [-0.25, -0.2) is 0 Å². The van der Waals surface area contributed by atoms with Crippen molar-refractivity contribution in [2.24, 2.45) is 11.3 Å². The second-order valence-electron chi connectivity index (χ2n) is 7.74. The molecule has 0 bridgehead atoms. The number of ether oxygens (including phenoxy) is 1. The number of carbonyl (C=O) groups excluding carboxylic acids is 2. The van der Waals surface area contributed by atoms with Crippen LogP contribution in [0.2, 0.25) is 0 Å².